The Balaban J connectivity index is 1.99. The van der Waals surface area contributed by atoms with Crippen molar-refractivity contribution >= 4 is 11.6 Å². The fourth-order valence-corrected chi connectivity index (χ4v) is 2.33. The first kappa shape index (κ1) is 18.9. The lowest BCUT2D eigenvalue weighted by molar-refractivity contribution is -0.384. The minimum absolute atomic E-state index is 0.0291. The van der Waals surface area contributed by atoms with Crippen LogP contribution in [0.2, 0.25) is 0 Å². The summed E-state index contributed by atoms with van der Waals surface area (Å²) in [5.41, 5.74) is 1.45. The molecule has 0 aliphatic heterocycles. The second-order valence-corrected chi connectivity index (χ2v) is 5.96. The zero-order chi connectivity index (χ0) is 19.1. The number of non-ortho nitro benzene ring substituents is 1. The smallest absolute Gasteiger partial charge is 0.269 e. The van der Waals surface area contributed by atoms with Crippen LogP contribution in [0.5, 0.6) is 5.75 Å². The van der Waals surface area contributed by atoms with Crippen molar-refractivity contribution in [2.24, 2.45) is 0 Å². The van der Waals surface area contributed by atoms with Crippen molar-refractivity contribution in [1.82, 2.24) is 4.90 Å². The van der Waals surface area contributed by atoms with E-state index in [2.05, 4.69) is 6.07 Å². The van der Waals surface area contributed by atoms with Crippen molar-refractivity contribution in [2.75, 3.05) is 6.61 Å². The Bertz CT molecular complexity index is 808. The Kier molecular flexibility index (Phi) is 6.28. The van der Waals surface area contributed by atoms with Gasteiger partial charge in [0.2, 0.25) is 0 Å². The topological polar surface area (TPSA) is 96.5 Å². The van der Waals surface area contributed by atoms with Crippen molar-refractivity contribution in [1.29, 1.82) is 5.26 Å². The van der Waals surface area contributed by atoms with Crippen molar-refractivity contribution < 1.29 is 14.5 Å². The SMILES string of the molecule is CC(C)N(Cc1ccc(C#N)cc1)C(=O)COc1ccc([N+](=O)[O-])cc1. The fraction of sp³-hybridized carbons (Fsp3) is 0.263. The van der Waals surface area contributed by atoms with E-state index in [1.54, 1.807) is 17.0 Å². The quantitative estimate of drug-likeness (QED) is 0.562. The van der Waals surface area contributed by atoms with Gasteiger partial charge in [0, 0.05) is 24.7 Å². The predicted molar refractivity (Wildman–Crippen MR) is 95.4 cm³/mol. The van der Waals surface area contributed by atoms with Crippen LogP contribution in [0, 0.1) is 21.4 Å². The van der Waals surface area contributed by atoms with E-state index < -0.39 is 4.92 Å². The minimum Gasteiger partial charge on any atom is -0.484 e. The summed E-state index contributed by atoms with van der Waals surface area (Å²) < 4.78 is 5.45. The number of rotatable bonds is 7. The van der Waals surface area contributed by atoms with Gasteiger partial charge in [0.05, 0.1) is 16.6 Å². The normalized spacial score (nSPS) is 10.2. The fourth-order valence-electron chi connectivity index (χ4n) is 2.33. The second kappa shape index (κ2) is 8.62. The molecule has 0 saturated carbocycles. The number of benzene rings is 2. The molecule has 2 aromatic carbocycles. The average Bonchev–Trinajstić information content (AvgIpc) is 2.64. The molecule has 2 rings (SSSR count). The highest BCUT2D eigenvalue weighted by atomic mass is 16.6. The van der Waals surface area contributed by atoms with Crippen LogP contribution in [0.4, 0.5) is 5.69 Å². The number of nitro groups is 1. The number of hydrogen-bond donors (Lipinski definition) is 0. The first-order valence-corrected chi connectivity index (χ1v) is 8.06. The predicted octanol–water partition coefficient (Wildman–Crippen LogP) is 3.28. The van der Waals surface area contributed by atoms with Crippen LogP contribution in [0.15, 0.2) is 48.5 Å². The molecule has 26 heavy (non-hydrogen) atoms. The van der Waals surface area contributed by atoms with Crippen LogP contribution in [0.1, 0.15) is 25.0 Å². The molecule has 7 heteroatoms. The van der Waals surface area contributed by atoms with Gasteiger partial charge in [0.15, 0.2) is 6.61 Å². The monoisotopic (exact) mass is 353 g/mol. The molecule has 0 aliphatic rings. The average molecular weight is 353 g/mol. The summed E-state index contributed by atoms with van der Waals surface area (Å²) in [5, 5.41) is 19.5. The van der Waals surface area contributed by atoms with Crippen molar-refractivity contribution in [3.8, 4) is 11.8 Å². The molecule has 7 nitrogen and oxygen atoms in total. The summed E-state index contributed by atoms with van der Waals surface area (Å²) in [5.74, 6) is 0.203. The van der Waals surface area contributed by atoms with Crippen LogP contribution in [-0.2, 0) is 11.3 Å². The highest BCUT2D eigenvalue weighted by molar-refractivity contribution is 5.78. The molecule has 0 unspecified atom stereocenters. The number of nitro benzene ring substituents is 1. The van der Waals surface area contributed by atoms with E-state index in [-0.39, 0.29) is 24.2 Å². The molecular formula is C19H19N3O4. The summed E-state index contributed by atoms with van der Waals surface area (Å²) in [6.07, 6.45) is 0. The zero-order valence-electron chi connectivity index (χ0n) is 14.6. The summed E-state index contributed by atoms with van der Waals surface area (Å²) in [7, 11) is 0. The third kappa shape index (κ3) is 5.05. The Morgan fingerprint density at radius 2 is 1.81 bits per heavy atom. The number of hydrogen-bond acceptors (Lipinski definition) is 5. The number of ether oxygens (including phenoxy) is 1. The third-order valence-corrected chi connectivity index (χ3v) is 3.79. The van der Waals surface area contributed by atoms with Crippen LogP contribution in [0.25, 0.3) is 0 Å². The van der Waals surface area contributed by atoms with E-state index in [1.165, 1.54) is 24.3 Å². The Labute approximate surface area is 151 Å². The zero-order valence-corrected chi connectivity index (χ0v) is 14.6. The third-order valence-electron chi connectivity index (χ3n) is 3.79. The second-order valence-electron chi connectivity index (χ2n) is 5.96. The lowest BCUT2D eigenvalue weighted by atomic mass is 10.1. The maximum absolute atomic E-state index is 12.5. The van der Waals surface area contributed by atoms with Gasteiger partial charge < -0.3 is 9.64 Å². The summed E-state index contributed by atoms with van der Waals surface area (Å²) in [4.78, 5) is 24.3. The minimum atomic E-state index is -0.493. The molecule has 0 heterocycles. The van der Waals surface area contributed by atoms with Gasteiger partial charge >= 0.3 is 0 Å². The van der Waals surface area contributed by atoms with Crippen LogP contribution >= 0.6 is 0 Å². The van der Waals surface area contributed by atoms with Gasteiger partial charge in [-0.1, -0.05) is 12.1 Å². The molecule has 0 spiro atoms. The van der Waals surface area contributed by atoms with Gasteiger partial charge in [-0.25, -0.2) is 0 Å². The van der Waals surface area contributed by atoms with Gasteiger partial charge in [0.1, 0.15) is 5.75 Å². The standard InChI is InChI=1S/C19H19N3O4/c1-14(2)21(12-16-5-3-15(11-20)4-6-16)19(23)13-26-18-9-7-17(8-10-18)22(24)25/h3-10,14H,12-13H2,1-2H3. The van der Waals surface area contributed by atoms with Crippen molar-refractivity contribution in [2.45, 2.75) is 26.4 Å². The van der Waals surface area contributed by atoms with Crippen molar-refractivity contribution in [3.05, 3.63) is 69.8 Å². The van der Waals surface area contributed by atoms with Gasteiger partial charge in [-0.3, -0.25) is 14.9 Å². The Morgan fingerprint density at radius 3 is 2.31 bits per heavy atom. The molecule has 0 radical (unpaired) electrons. The van der Waals surface area contributed by atoms with Crippen molar-refractivity contribution in [3.63, 3.8) is 0 Å². The van der Waals surface area contributed by atoms with Crippen LogP contribution in [-0.4, -0.2) is 28.4 Å². The Morgan fingerprint density at radius 1 is 1.19 bits per heavy atom. The van der Waals surface area contributed by atoms with E-state index in [0.29, 0.717) is 17.9 Å². The first-order chi connectivity index (χ1) is 12.4. The lowest BCUT2D eigenvalue weighted by Gasteiger charge is -2.27. The maximum Gasteiger partial charge on any atom is 0.269 e. The van der Waals surface area contributed by atoms with Crippen LogP contribution in [0.3, 0.4) is 0 Å². The number of amides is 1. The number of nitrogens with zero attached hydrogens (tertiary/aromatic N) is 3. The summed E-state index contributed by atoms with van der Waals surface area (Å²) in [6, 6.07) is 14.7. The number of carbonyl (C=O) groups excluding carboxylic acids is 1. The van der Waals surface area contributed by atoms with Gasteiger partial charge in [0.25, 0.3) is 11.6 Å². The van der Waals surface area contributed by atoms with E-state index in [0.717, 1.165) is 5.56 Å². The molecule has 1 amide bonds. The molecule has 2 aromatic rings. The summed E-state index contributed by atoms with van der Waals surface area (Å²) in [6.45, 7) is 4.07. The van der Waals surface area contributed by atoms with E-state index in [1.807, 2.05) is 26.0 Å². The highest BCUT2D eigenvalue weighted by Crippen LogP contribution is 2.18. The van der Waals surface area contributed by atoms with Crippen LogP contribution < -0.4 is 4.74 Å². The molecular weight excluding hydrogens is 334 g/mol. The Hall–Kier alpha value is -3.40. The first-order valence-electron chi connectivity index (χ1n) is 8.06. The van der Waals surface area contributed by atoms with Gasteiger partial charge in [-0.15, -0.1) is 0 Å². The maximum atomic E-state index is 12.5. The molecule has 0 bridgehead atoms. The molecule has 0 saturated heterocycles. The highest BCUT2D eigenvalue weighted by Gasteiger charge is 2.18. The van der Waals surface area contributed by atoms with E-state index in [9.17, 15) is 14.9 Å². The van der Waals surface area contributed by atoms with E-state index in [4.69, 9.17) is 10.00 Å². The summed E-state index contributed by atoms with van der Waals surface area (Å²) >= 11 is 0. The largest absolute Gasteiger partial charge is 0.484 e. The number of nitriles is 1. The lowest BCUT2D eigenvalue weighted by Crippen LogP contribution is -2.39. The molecule has 0 aromatic heterocycles. The molecule has 0 aliphatic carbocycles. The molecule has 134 valence electrons. The molecule has 0 N–H and O–H groups in total. The molecule has 0 atom stereocenters. The van der Waals surface area contributed by atoms with Gasteiger partial charge in [-0.05, 0) is 43.7 Å². The number of carbonyl (C=O) groups is 1. The van der Waals surface area contributed by atoms with Gasteiger partial charge in [-0.2, -0.15) is 5.26 Å². The van der Waals surface area contributed by atoms with E-state index >= 15 is 0 Å². The molecule has 0 fully saturated rings.